The summed E-state index contributed by atoms with van der Waals surface area (Å²) < 4.78 is 0. The minimum Gasteiger partial charge on any atom is -0.508 e. The molecule has 94 valence electrons. The highest BCUT2D eigenvalue weighted by Gasteiger charge is 2.09. The molecule has 0 atom stereocenters. The molecule has 2 N–H and O–H groups in total. The second kappa shape index (κ2) is 5.13. The third-order valence-electron chi connectivity index (χ3n) is 3.28. The molecule has 0 radical (unpaired) electrons. The average molecular weight is 242 g/mol. The van der Waals surface area contributed by atoms with Gasteiger partial charge in [-0.15, -0.1) is 0 Å². The Hall–Kier alpha value is -1.96. The molecule has 0 unspecified atom stereocenters. The van der Waals surface area contributed by atoms with Crippen LogP contribution < -0.4 is 0 Å². The topological polar surface area (TPSA) is 40.5 Å². The van der Waals surface area contributed by atoms with Crippen LogP contribution in [0.3, 0.4) is 0 Å². The number of rotatable bonds is 3. The Labute approximate surface area is 108 Å². The van der Waals surface area contributed by atoms with Gasteiger partial charge in [-0.3, -0.25) is 0 Å². The zero-order chi connectivity index (χ0) is 13.1. The van der Waals surface area contributed by atoms with Crippen LogP contribution in [0.2, 0.25) is 0 Å². The molecule has 0 aromatic heterocycles. The fourth-order valence-corrected chi connectivity index (χ4v) is 2.25. The predicted molar refractivity (Wildman–Crippen MR) is 74.0 cm³/mol. The lowest BCUT2D eigenvalue weighted by molar-refractivity contribution is 0.467. The maximum absolute atomic E-state index is 9.92. The largest absolute Gasteiger partial charge is 0.508 e. The van der Waals surface area contributed by atoms with Crippen molar-refractivity contribution in [1.29, 1.82) is 0 Å². The van der Waals surface area contributed by atoms with Crippen molar-refractivity contribution in [3.8, 4) is 22.6 Å². The maximum atomic E-state index is 9.92. The monoisotopic (exact) mass is 242 g/mol. The first kappa shape index (κ1) is 12.5. The summed E-state index contributed by atoms with van der Waals surface area (Å²) in [7, 11) is 0. The van der Waals surface area contributed by atoms with Gasteiger partial charge in [0.15, 0.2) is 0 Å². The van der Waals surface area contributed by atoms with Crippen LogP contribution in [0.25, 0.3) is 11.1 Å². The normalized spacial score (nSPS) is 10.6. The third-order valence-corrected chi connectivity index (χ3v) is 3.28. The van der Waals surface area contributed by atoms with E-state index in [0.29, 0.717) is 11.5 Å². The molecule has 0 spiro atoms. The summed E-state index contributed by atoms with van der Waals surface area (Å²) in [6, 6.07) is 11.2. The number of hydrogen-bond acceptors (Lipinski definition) is 2. The van der Waals surface area contributed by atoms with Crippen molar-refractivity contribution in [2.45, 2.75) is 26.7 Å². The second-order valence-electron chi connectivity index (χ2n) is 4.35. The summed E-state index contributed by atoms with van der Waals surface area (Å²) >= 11 is 0. The van der Waals surface area contributed by atoms with Gasteiger partial charge in [0.25, 0.3) is 0 Å². The molecule has 0 fully saturated rings. The Morgan fingerprint density at radius 2 is 1.67 bits per heavy atom. The molecule has 0 aliphatic rings. The molecule has 18 heavy (non-hydrogen) atoms. The molecule has 0 amide bonds. The minimum absolute atomic E-state index is 0.314. The van der Waals surface area contributed by atoms with E-state index >= 15 is 0 Å². The van der Waals surface area contributed by atoms with E-state index in [1.54, 1.807) is 12.1 Å². The number of phenolic OH excluding ortho intramolecular Hbond substituents is 2. The average Bonchev–Trinajstić information content (AvgIpc) is 2.38. The van der Waals surface area contributed by atoms with Crippen molar-refractivity contribution in [3.05, 3.63) is 47.5 Å². The highest BCUT2D eigenvalue weighted by molar-refractivity contribution is 5.71. The first-order chi connectivity index (χ1) is 8.67. The van der Waals surface area contributed by atoms with Crippen LogP contribution in [0.5, 0.6) is 11.5 Å². The molecule has 0 aliphatic carbocycles. The fourth-order valence-electron chi connectivity index (χ4n) is 2.25. The van der Waals surface area contributed by atoms with Crippen LogP contribution in [-0.2, 0) is 12.8 Å². The Kier molecular flexibility index (Phi) is 3.56. The van der Waals surface area contributed by atoms with E-state index in [2.05, 4.69) is 0 Å². The Morgan fingerprint density at radius 3 is 2.28 bits per heavy atom. The molecule has 0 bridgehead atoms. The lowest BCUT2D eigenvalue weighted by Crippen LogP contribution is -1.90. The highest BCUT2D eigenvalue weighted by Crippen LogP contribution is 2.33. The van der Waals surface area contributed by atoms with Gasteiger partial charge >= 0.3 is 0 Å². The van der Waals surface area contributed by atoms with Crippen LogP contribution in [0.4, 0.5) is 0 Å². The van der Waals surface area contributed by atoms with Gasteiger partial charge in [-0.2, -0.15) is 0 Å². The lowest BCUT2D eigenvalue weighted by Gasteiger charge is -2.11. The summed E-state index contributed by atoms with van der Waals surface area (Å²) in [4.78, 5) is 0. The summed E-state index contributed by atoms with van der Waals surface area (Å²) in [5.41, 5.74) is 3.78. The zero-order valence-corrected chi connectivity index (χ0v) is 10.8. The second-order valence-corrected chi connectivity index (χ2v) is 4.35. The summed E-state index contributed by atoms with van der Waals surface area (Å²) in [5.74, 6) is 0.634. The van der Waals surface area contributed by atoms with Crippen LogP contribution in [0.1, 0.15) is 25.0 Å². The van der Waals surface area contributed by atoms with Crippen molar-refractivity contribution in [2.24, 2.45) is 0 Å². The van der Waals surface area contributed by atoms with E-state index in [9.17, 15) is 10.2 Å². The van der Waals surface area contributed by atoms with Gasteiger partial charge in [0.05, 0.1) is 0 Å². The van der Waals surface area contributed by atoms with Gasteiger partial charge in [-0.05, 0) is 41.7 Å². The molecular weight excluding hydrogens is 224 g/mol. The van der Waals surface area contributed by atoms with E-state index in [-0.39, 0.29) is 0 Å². The Bertz CT molecular complexity index is 559. The molecule has 2 heteroatoms. The Morgan fingerprint density at radius 1 is 0.889 bits per heavy atom. The molecule has 2 aromatic carbocycles. The van der Waals surface area contributed by atoms with Crippen molar-refractivity contribution < 1.29 is 10.2 Å². The van der Waals surface area contributed by atoms with E-state index in [4.69, 9.17) is 0 Å². The SMILES string of the molecule is CCc1ccc(-c2cccc(O)c2CC)cc1O. The van der Waals surface area contributed by atoms with Crippen molar-refractivity contribution in [2.75, 3.05) is 0 Å². The highest BCUT2D eigenvalue weighted by atomic mass is 16.3. The Balaban J connectivity index is 2.55. The number of aromatic hydroxyl groups is 2. The maximum Gasteiger partial charge on any atom is 0.119 e. The standard InChI is InChI=1S/C16H18O2/c1-3-11-8-9-12(10-16(11)18)14-6-5-7-15(17)13(14)4-2/h5-10,17-18H,3-4H2,1-2H3. The van der Waals surface area contributed by atoms with Gasteiger partial charge in [-0.25, -0.2) is 0 Å². The van der Waals surface area contributed by atoms with Crippen molar-refractivity contribution in [1.82, 2.24) is 0 Å². The molecule has 0 heterocycles. The summed E-state index contributed by atoms with van der Waals surface area (Å²) in [6.07, 6.45) is 1.57. The van der Waals surface area contributed by atoms with Gasteiger partial charge in [0, 0.05) is 5.56 Å². The van der Waals surface area contributed by atoms with E-state index in [0.717, 1.165) is 35.1 Å². The molecule has 2 nitrogen and oxygen atoms in total. The first-order valence-electron chi connectivity index (χ1n) is 6.30. The summed E-state index contributed by atoms with van der Waals surface area (Å²) in [5, 5.41) is 19.8. The quantitative estimate of drug-likeness (QED) is 0.857. The molecule has 2 aromatic rings. The van der Waals surface area contributed by atoms with Crippen LogP contribution in [0, 0.1) is 0 Å². The van der Waals surface area contributed by atoms with Gasteiger partial charge in [0.1, 0.15) is 11.5 Å². The third kappa shape index (κ3) is 2.19. The van der Waals surface area contributed by atoms with Crippen molar-refractivity contribution in [3.63, 3.8) is 0 Å². The number of benzene rings is 2. The number of phenols is 2. The van der Waals surface area contributed by atoms with E-state index < -0.39 is 0 Å². The van der Waals surface area contributed by atoms with Crippen molar-refractivity contribution >= 4 is 0 Å². The molecule has 0 saturated carbocycles. The van der Waals surface area contributed by atoms with Crippen LogP contribution >= 0.6 is 0 Å². The predicted octanol–water partition coefficient (Wildman–Crippen LogP) is 3.89. The van der Waals surface area contributed by atoms with Gasteiger partial charge in [-0.1, -0.05) is 38.1 Å². The minimum atomic E-state index is 0.314. The molecule has 2 rings (SSSR count). The van der Waals surface area contributed by atoms with Gasteiger partial charge < -0.3 is 10.2 Å². The van der Waals surface area contributed by atoms with Crippen LogP contribution in [-0.4, -0.2) is 10.2 Å². The number of hydrogen-bond donors (Lipinski definition) is 2. The first-order valence-corrected chi connectivity index (χ1v) is 6.30. The van der Waals surface area contributed by atoms with E-state index in [1.165, 1.54) is 0 Å². The van der Waals surface area contributed by atoms with E-state index in [1.807, 2.05) is 38.1 Å². The fraction of sp³-hybridized carbons (Fsp3) is 0.250. The molecule has 0 aliphatic heterocycles. The smallest absolute Gasteiger partial charge is 0.119 e. The molecule has 0 saturated heterocycles. The van der Waals surface area contributed by atoms with Gasteiger partial charge in [0.2, 0.25) is 0 Å². The lowest BCUT2D eigenvalue weighted by atomic mass is 9.96. The zero-order valence-electron chi connectivity index (χ0n) is 10.8. The van der Waals surface area contributed by atoms with Crippen LogP contribution in [0.15, 0.2) is 36.4 Å². The number of aryl methyl sites for hydroxylation is 1. The molecular formula is C16H18O2. The summed E-state index contributed by atoms with van der Waals surface area (Å²) in [6.45, 7) is 4.03.